The van der Waals surface area contributed by atoms with Gasteiger partial charge in [0.1, 0.15) is 22.9 Å². The van der Waals surface area contributed by atoms with Crippen LogP contribution in [0.2, 0.25) is 0 Å². The molecule has 1 fully saturated rings. The van der Waals surface area contributed by atoms with Crippen molar-refractivity contribution in [2.45, 2.75) is 32.1 Å². The van der Waals surface area contributed by atoms with Gasteiger partial charge < -0.3 is 19.3 Å². The predicted octanol–water partition coefficient (Wildman–Crippen LogP) is 7.73. The predicted molar refractivity (Wildman–Crippen MR) is 159 cm³/mol. The number of methoxy groups -OCH3 is 1. The maximum Gasteiger partial charge on any atom is 0.316 e. The molecule has 0 bridgehead atoms. The molecule has 3 aromatic carbocycles. The van der Waals surface area contributed by atoms with Gasteiger partial charge in [0.25, 0.3) is 0 Å². The molecule has 0 amide bonds. The van der Waals surface area contributed by atoms with Crippen LogP contribution in [0.15, 0.2) is 95.5 Å². The summed E-state index contributed by atoms with van der Waals surface area (Å²) in [7, 11) is 1.66. The second-order valence-corrected chi connectivity index (χ2v) is 10.2. The Morgan fingerprint density at radius 3 is 2.27 bits per heavy atom. The summed E-state index contributed by atoms with van der Waals surface area (Å²) in [5.41, 5.74) is 6.81. The number of para-hydroxylation sites is 1. The van der Waals surface area contributed by atoms with Gasteiger partial charge in [0.2, 0.25) is 0 Å². The largest absolute Gasteiger partial charge is 0.496 e. The number of esters is 1. The molecule has 7 heteroatoms. The molecule has 206 valence electrons. The highest BCUT2D eigenvalue weighted by atomic mass is 16.5. The summed E-state index contributed by atoms with van der Waals surface area (Å²) in [5, 5.41) is 7.63. The third kappa shape index (κ3) is 5.07. The number of nitrogens with one attached hydrogen (secondary N) is 1. The van der Waals surface area contributed by atoms with Crippen LogP contribution < -0.4 is 10.1 Å². The molecule has 41 heavy (non-hydrogen) atoms. The van der Waals surface area contributed by atoms with Crippen molar-refractivity contribution in [3.05, 3.63) is 102 Å². The van der Waals surface area contributed by atoms with E-state index in [0.29, 0.717) is 18.2 Å². The number of aryl methyl sites for hydroxylation is 1. The van der Waals surface area contributed by atoms with Gasteiger partial charge in [-0.3, -0.25) is 4.79 Å². The molecule has 1 saturated carbocycles. The van der Waals surface area contributed by atoms with Crippen molar-refractivity contribution in [2.24, 2.45) is 0 Å². The van der Waals surface area contributed by atoms with E-state index in [1.807, 2.05) is 80.6 Å². The van der Waals surface area contributed by atoms with Gasteiger partial charge in [-0.15, -0.1) is 0 Å². The number of carbonyl (C=O) groups is 1. The normalized spacial score (nSPS) is 13.4. The zero-order chi connectivity index (χ0) is 28.4. The highest BCUT2D eigenvalue weighted by Gasteiger charge is 2.52. The Balaban J connectivity index is 1.22. The van der Waals surface area contributed by atoms with E-state index in [1.165, 1.54) is 0 Å². The van der Waals surface area contributed by atoms with Crippen LogP contribution in [-0.4, -0.2) is 29.8 Å². The molecule has 5 aromatic rings. The Bertz CT molecular complexity index is 1690. The molecule has 1 aliphatic carbocycles. The highest BCUT2D eigenvalue weighted by Crippen LogP contribution is 2.49. The minimum Gasteiger partial charge on any atom is -0.496 e. The number of nitrogens with zero attached hydrogens (tertiary/aromatic N) is 2. The van der Waals surface area contributed by atoms with Crippen LogP contribution in [0.25, 0.3) is 33.7 Å². The van der Waals surface area contributed by atoms with Crippen LogP contribution >= 0.6 is 0 Å². The fourth-order valence-corrected chi connectivity index (χ4v) is 5.15. The molecular formula is C34H31N3O4. The summed E-state index contributed by atoms with van der Waals surface area (Å²) in [5.74, 6) is 1.96. The number of ether oxygens (including phenoxy) is 2. The van der Waals surface area contributed by atoms with Crippen molar-refractivity contribution in [3.63, 3.8) is 0 Å². The van der Waals surface area contributed by atoms with E-state index in [9.17, 15) is 4.79 Å². The SMILES string of the molecule is CCOC(=O)C1(c2ccc(-c3ccc(-c4onc(C)c4Nc4cccc(-c5ccccc5OC)n4)cc3)cc2)CC1. The zero-order valence-corrected chi connectivity index (χ0v) is 23.3. The van der Waals surface area contributed by atoms with E-state index in [4.69, 9.17) is 19.0 Å². The molecule has 0 spiro atoms. The van der Waals surface area contributed by atoms with Crippen molar-refractivity contribution in [3.8, 4) is 39.5 Å². The third-order valence-electron chi connectivity index (χ3n) is 7.58. The topological polar surface area (TPSA) is 86.5 Å². The molecule has 0 atom stereocenters. The Hall–Kier alpha value is -4.91. The molecule has 0 saturated heterocycles. The van der Waals surface area contributed by atoms with Crippen LogP contribution in [0.1, 0.15) is 31.0 Å². The first kappa shape index (κ1) is 26.3. The molecule has 0 aliphatic heterocycles. The fourth-order valence-electron chi connectivity index (χ4n) is 5.15. The monoisotopic (exact) mass is 545 g/mol. The van der Waals surface area contributed by atoms with Crippen LogP contribution in [0.4, 0.5) is 11.5 Å². The molecule has 2 aromatic heterocycles. The number of aromatic nitrogens is 2. The summed E-state index contributed by atoms with van der Waals surface area (Å²) < 4.78 is 16.6. The van der Waals surface area contributed by atoms with Crippen molar-refractivity contribution in [1.82, 2.24) is 10.1 Å². The molecule has 0 radical (unpaired) electrons. The van der Waals surface area contributed by atoms with Gasteiger partial charge in [0, 0.05) is 11.1 Å². The second kappa shape index (κ2) is 10.9. The standard InChI is InChI=1S/C34H31N3O4/c1-4-40-33(38)34(20-21-34)26-18-16-24(17-19-26)23-12-14-25(15-13-23)32-31(22(2)37-41-32)36-30-11-7-9-28(35-30)27-8-5-6-10-29(27)39-3/h5-19H,4,20-21H2,1-3H3,(H,35,36). The minimum atomic E-state index is -0.465. The second-order valence-electron chi connectivity index (χ2n) is 10.2. The van der Waals surface area contributed by atoms with E-state index < -0.39 is 5.41 Å². The van der Waals surface area contributed by atoms with E-state index in [2.05, 4.69) is 34.7 Å². The molecule has 1 N–H and O–H groups in total. The molecule has 0 unspecified atom stereocenters. The Kier molecular flexibility index (Phi) is 7.01. The summed E-state index contributed by atoms with van der Waals surface area (Å²) >= 11 is 0. The average Bonchev–Trinajstić information content (AvgIpc) is 3.76. The zero-order valence-electron chi connectivity index (χ0n) is 23.3. The summed E-state index contributed by atoms with van der Waals surface area (Å²) in [6.45, 7) is 4.15. The first-order valence-corrected chi connectivity index (χ1v) is 13.7. The van der Waals surface area contributed by atoms with E-state index in [0.717, 1.165) is 63.5 Å². The molecule has 7 nitrogen and oxygen atoms in total. The smallest absolute Gasteiger partial charge is 0.316 e. The van der Waals surface area contributed by atoms with Crippen LogP contribution in [0.3, 0.4) is 0 Å². The average molecular weight is 546 g/mol. The van der Waals surface area contributed by atoms with Gasteiger partial charge in [-0.05, 0) is 67.6 Å². The lowest BCUT2D eigenvalue weighted by molar-refractivity contribution is -0.146. The minimum absolute atomic E-state index is 0.120. The number of carbonyl (C=O) groups excluding carboxylic acids is 1. The van der Waals surface area contributed by atoms with Gasteiger partial charge in [-0.25, -0.2) is 4.98 Å². The van der Waals surface area contributed by atoms with Gasteiger partial charge in [-0.1, -0.05) is 71.9 Å². The summed E-state index contributed by atoms with van der Waals surface area (Å²) in [4.78, 5) is 17.3. The van der Waals surface area contributed by atoms with Gasteiger partial charge in [0.15, 0.2) is 5.76 Å². The highest BCUT2D eigenvalue weighted by molar-refractivity contribution is 5.87. The number of hydrogen-bond acceptors (Lipinski definition) is 7. The molecule has 6 rings (SSSR count). The number of hydrogen-bond donors (Lipinski definition) is 1. The fraction of sp³-hybridized carbons (Fsp3) is 0.206. The van der Waals surface area contributed by atoms with E-state index in [-0.39, 0.29) is 5.97 Å². The third-order valence-corrected chi connectivity index (χ3v) is 7.58. The number of anilines is 2. The Morgan fingerprint density at radius 1 is 0.902 bits per heavy atom. The van der Waals surface area contributed by atoms with E-state index in [1.54, 1.807) is 7.11 Å². The first-order chi connectivity index (χ1) is 20.0. The van der Waals surface area contributed by atoms with Gasteiger partial charge >= 0.3 is 5.97 Å². The number of rotatable bonds is 9. The maximum atomic E-state index is 12.5. The quantitative estimate of drug-likeness (QED) is 0.190. The lowest BCUT2D eigenvalue weighted by atomic mass is 9.93. The first-order valence-electron chi connectivity index (χ1n) is 13.7. The lowest BCUT2D eigenvalue weighted by Gasteiger charge is -2.14. The molecular weight excluding hydrogens is 514 g/mol. The maximum absolute atomic E-state index is 12.5. The Morgan fingerprint density at radius 2 is 1.59 bits per heavy atom. The van der Waals surface area contributed by atoms with Gasteiger partial charge in [0.05, 0.1) is 24.8 Å². The molecule has 1 aliphatic rings. The van der Waals surface area contributed by atoms with E-state index >= 15 is 0 Å². The van der Waals surface area contributed by atoms with Gasteiger partial charge in [-0.2, -0.15) is 0 Å². The van der Waals surface area contributed by atoms with Crippen LogP contribution in [0, 0.1) is 6.92 Å². The van der Waals surface area contributed by atoms with Crippen LogP contribution in [0.5, 0.6) is 5.75 Å². The lowest BCUT2D eigenvalue weighted by Crippen LogP contribution is -2.23. The van der Waals surface area contributed by atoms with Crippen molar-refractivity contribution in [1.29, 1.82) is 0 Å². The summed E-state index contributed by atoms with van der Waals surface area (Å²) in [6, 6.07) is 30.0. The van der Waals surface area contributed by atoms with Crippen molar-refractivity contribution < 1.29 is 18.8 Å². The van der Waals surface area contributed by atoms with Crippen molar-refractivity contribution >= 4 is 17.5 Å². The summed E-state index contributed by atoms with van der Waals surface area (Å²) in [6.07, 6.45) is 1.68. The van der Waals surface area contributed by atoms with Crippen LogP contribution in [-0.2, 0) is 14.9 Å². The molecule has 2 heterocycles. The van der Waals surface area contributed by atoms with Crippen molar-refractivity contribution in [2.75, 3.05) is 19.0 Å². The Labute approximate surface area is 239 Å². The number of benzene rings is 3. The number of pyridine rings is 1.